The van der Waals surface area contributed by atoms with Crippen molar-refractivity contribution >= 4 is 18.0 Å². The summed E-state index contributed by atoms with van der Waals surface area (Å²) in [6.45, 7) is 7.10. The molecule has 0 aliphatic rings. The first kappa shape index (κ1) is 23.9. The minimum Gasteiger partial charge on any atom is -0.480 e. The fraction of sp³-hybridized carbons (Fsp3) is 0.375. The van der Waals surface area contributed by atoms with Gasteiger partial charge in [0.25, 0.3) is 0 Å². The standard InChI is InChI=1S/C24H30N2O5/c1-16(18-13-9-6-10-14-18)25-21(27)19(24(2,3)4)20(22(28)29)26-23(30)31-15-17-11-7-5-8-12-17/h5-14,16,19-20H,15H2,1-4H3,(H,25,27)(H,26,30)(H,28,29)/t16-,19?,20-/m1/s1. The smallest absolute Gasteiger partial charge is 0.408 e. The van der Waals surface area contributed by atoms with E-state index in [1.807, 2.05) is 55.5 Å². The van der Waals surface area contributed by atoms with Crippen molar-refractivity contribution in [1.29, 1.82) is 0 Å². The Hall–Kier alpha value is -3.35. The zero-order chi connectivity index (χ0) is 23.0. The topological polar surface area (TPSA) is 105 Å². The van der Waals surface area contributed by atoms with Crippen molar-refractivity contribution in [2.45, 2.75) is 46.4 Å². The maximum atomic E-state index is 13.1. The van der Waals surface area contributed by atoms with Gasteiger partial charge in [0.05, 0.1) is 12.0 Å². The molecule has 0 bridgehead atoms. The largest absolute Gasteiger partial charge is 0.480 e. The van der Waals surface area contributed by atoms with Crippen LogP contribution < -0.4 is 10.6 Å². The van der Waals surface area contributed by atoms with Gasteiger partial charge < -0.3 is 20.5 Å². The van der Waals surface area contributed by atoms with E-state index in [1.54, 1.807) is 32.9 Å². The molecule has 2 aromatic rings. The molecule has 0 saturated carbocycles. The predicted molar refractivity (Wildman–Crippen MR) is 117 cm³/mol. The zero-order valence-corrected chi connectivity index (χ0v) is 18.3. The number of carbonyl (C=O) groups excluding carboxylic acids is 2. The second-order valence-electron chi connectivity index (χ2n) is 8.51. The van der Waals surface area contributed by atoms with Crippen LogP contribution in [-0.2, 0) is 20.9 Å². The molecule has 2 aromatic carbocycles. The van der Waals surface area contributed by atoms with E-state index in [0.717, 1.165) is 11.1 Å². The van der Waals surface area contributed by atoms with Crippen molar-refractivity contribution in [2.24, 2.45) is 11.3 Å². The SMILES string of the molecule is C[C@@H](NC(=O)C([C@@H](NC(=O)OCc1ccccc1)C(=O)O)C(C)(C)C)c1ccccc1. The zero-order valence-electron chi connectivity index (χ0n) is 18.3. The molecule has 0 aromatic heterocycles. The van der Waals surface area contributed by atoms with Crippen molar-refractivity contribution in [1.82, 2.24) is 10.6 Å². The Morgan fingerprint density at radius 2 is 1.48 bits per heavy atom. The van der Waals surface area contributed by atoms with Crippen LogP contribution in [0.3, 0.4) is 0 Å². The van der Waals surface area contributed by atoms with Crippen LogP contribution in [0.1, 0.15) is 44.9 Å². The number of amides is 2. The molecule has 31 heavy (non-hydrogen) atoms. The molecule has 0 fully saturated rings. The summed E-state index contributed by atoms with van der Waals surface area (Å²) in [6.07, 6.45) is -0.894. The number of carboxylic acids is 1. The Morgan fingerprint density at radius 1 is 0.935 bits per heavy atom. The Kier molecular flexibility index (Phi) is 8.19. The van der Waals surface area contributed by atoms with Gasteiger partial charge >= 0.3 is 12.1 Å². The van der Waals surface area contributed by atoms with E-state index < -0.39 is 35.3 Å². The molecule has 3 atom stereocenters. The second-order valence-corrected chi connectivity index (χ2v) is 8.51. The number of carboxylic acid groups (broad SMARTS) is 1. The summed E-state index contributed by atoms with van der Waals surface area (Å²) in [5.74, 6) is -2.79. The summed E-state index contributed by atoms with van der Waals surface area (Å²) in [7, 11) is 0. The number of hydrogen-bond acceptors (Lipinski definition) is 4. The van der Waals surface area contributed by atoms with Gasteiger partial charge in [-0.05, 0) is 23.5 Å². The lowest BCUT2D eigenvalue weighted by molar-refractivity contribution is -0.147. The van der Waals surface area contributed by atoms with Gasteiger partial charge in [-0.15, -0.1) is 0 Å². The third kappa shape index (κ3) is 7.13. The average Bonchev–Trinajstić information content (AvgIpc) is 2.72. The maximum Gasteiger partial charge on any atom is 0.408 e. The molecular formula is C24H30N2O5. The molecular weight excluding hydrogens is 396 g/mol. The van der Waals surface area contributed by atoms with Crippen LogP contribution in [0.2, 0.25) is 0 Å². The molecule has 166 valence electrons. The Morgan fingerprint density at radius 3 is 2.00 bits per heavy atom. The summed E-state index contributed by atoms with van der Waals surface area (Å²) >= 11 is 0. The van der Waals surface area contributed by atoms with Crippen LogP contribution >= 0.6 is 0 Å². The van der Waals surface area contributed by atoms with Gasteiger partial charge in [-0.1, -0.05) is 81.4 Å². The lowest BCUT2D eigenvalue weighted by Gasteiger charge is -2.34. The van der Waals surface area contributed by atoms with Gasteiger partial charge in [0.15, 0.2) is 0 Å². The van der Waals surface area contributed by atoms with Gasteiger partial charge in [-0.2, -0.15) is 0 Å². The number of nitrogens with one attached hydrogen (secondary N) is 2. The quantitative estimate of drug-likeness (QED) is 0.594. The van der Waals surface area contributed by atoms with Gasteiger partial charge in [0.2, 0.25) is 5.91 Å². The third-order valence-electron chi connectivity index (χ3n) is 4.96. The van der Waals surface area contributed by atoms with Gasteiger partial charge in [0, 0.05) is 0 Å². The molecule has 7 heteroatoms. The van der Waals surface area contributed by atoms with Crippen molar-refractivity contribution in [3.05, 3.63) is 71.8 Å². The fourth-order valence-electron chi connectivity index (χ4n) is 3.35. The monoisotopic (exact) mass is 426 g/mol. The number of hydrogen-bond donors (Lipinski definition) is 3. The molecule has 0 spiro atoms. The van der Waals surface area contributed by atoms with E-state index >= 15 is 0 Å². The Labute approximate surface area is 182 Å². The number of aliphatic carboxylic acids is 1. The Balaban J connectivity index is 2.13. The number of benzene rings is 2. The molecule has 0 aliphatic carbocycles. The highest BCUT2D eigenvalue weighted by Gasteiger charge is 2.43. The predicted octanol–water partition coefficient (Wildman–Crippen LogP) is 3.91. The van der Waals surface area contributed by atoms with Crippen molar-refractivity contribution in [2.75, 3.05) is 0 Å². The number of carbonyl (C=O) groups is 3. The molecule has 2 amide bonds. The molecule has 0 aliphatic heterocycles. The van der Waals surface area contributed by atoms with E-state index in [0.29, 0.717) is 0 Å². The lowest BCUT2D eigenvalue weighted by Crippen LogP contribution is -2.55. The van der Waals surface area contributed by atoms with Gasteiger partial charge in [0.1, 0.15) is 12.6 Å². The number of ether oxygens (including phenoxy) is 1. The van der Waals surface area contributed by atoms with E-state index in [9.17, 15) is 19.5 Å². The van der Waals surface area contributed by atoms with Crippen molar-refractivity contribution < 1.29 is 24.2 Å². The molecule has 7 nitrogen and oxygen atoms in total. The van der Waals surface area contributed by atoms with Crippen LogP contribution in [0.5, 0.6) is 0 Å². The first-order chi connectivity index (χ1) is 14.6. The minimum atomic E-state index is -1.45. The molecule has 3 N–H and O–H groups in total. The first-order valence-electron chi connectivity index (χ1n) is 10.1. The fourth-order valence-corrected chi connectivity index (χ4v) is 3.35. The highest BCUT2D eigenvalue weighted by Crippen LogP contribution is 2.30. The summed E-state index contributed by atoms with van der Waals surface area (Å²) in [6, 6.07) is 16.6. The molecule has 1 unspecified atom stereocenters. The van der Waals surface area contributed by atoms with Crippen LogP contribution in [-0.4, -0.2) is 29.1 Å². The van der Waals surface area contributed by atoms with Crippen LogP contribution in [0.4, 0.5) is 4.79 Å². The van der Waals surface area contributed by atoms with Crippen LogP contribution in [0.15, 0.2) is 60.7 Å². The first-order valence-corrected chi connectivity index (χ1v) is 10.1. The summed E-state index contributed by atoms with van der Waals surface area (Å²) in [5.41, 5.74) is 0.924. The summed E-state index contributed by atoms with van der Waals surface area (Å²) in [5, 5.41) is 15.0. The minimum absolute atomic E-state index is 0.00354. The van der Waals surface area contributed by atoms with Gasteiger partial charge in [-0.3, -0.25) is 4.79 Å². The molecule has 0 heterocycles. The second kappa shape index (κ2) is 10.6. The van der Waals surface area contributed by atoms with E-state index in [4.69, 9.17) is 4.74 Å². The van der Waals surface area contributed by atoms with Crippen LogP contribution in [0.25, 0.3) is 0 Å². The molecule has 0 radical (unpaired) electrons. The highest BCUT2D eigenvalue weighted by molar-refractivity contribution is 5.89. The number of rotatable bonds is 8. The van der Waals surface area contributed by atoms with Crippen molar-refractivity contribution in [3.8, 4) is 0 Å². The molecule has 2 rings (SSSR count). The van der Waals surface area contributed by atoms with E-state index in [-0.39, 0.29) is 12.6 Å². The normalized spacial score (nSPS) is 14.1. The number of alkyl carbamates (subject to hydrolysis) is 1. The van der Waals surface area contributed by atoms with E-state index in [2.05, 4.69) is 10.6 Å². The van der Waals surface area contributed by atoms with Crippen LogP contribution in [0, 0.1) is 11.3 Å². The van der Waals surface area contributed by atoms with Gasteiger partial charge in [-0.25, -0.2) is 9.59 Å². The summed E-state index contributed by atoms with van der Waals surface area (Å²) < 4.78 is 5.16. The third-order valence-corrected chi connectivity index (χ3v) is 4.96. The molecule has 0 saturated heterocycles. The van der Waals surface area contributed by atoms with E-state index in [1.165, 1.54) is 0 Å². The lowest BCUT2D eigenvalue weighted by atomic mass is 9.75. The van der Waals surface area contributed by atoms with Crippen molar-refractivity contribution in [3.63, 3.8) is 0 Å². The summed E-state index contributed by atoms with van der Waals surface area (Å²) in [4.78, 5) is 37.4. The average molecular weight is 427 g/mol. The highest BCUT2D eigenvalue weighted by atomic mass is 16.5. The Bertz CT molecular complexity index is 878. The maximum absolute atomic E-state index is 13.1.